The van der Waals surface area contributed by atoms with Crippen LogP contribution in [0.3, 0.4) is 0 Å². The molecule has 0 aliphatic heterocycles. The lowest BCUT2D eigenvalue weighted by Crippen LogP contribution is -2.47. The monoisotopic (exact) mass is 407 g/mol. The van der Waals surface area contributed by atoms with E-state index in [0.717, 1.165) is 67.6 Å². The molecule has 1 unspecified atom stereocenters. The molecule has 0 bridgehead atoms. The molecular weight excluding hydrogens is 378 g/mol. The van der Waals surface area contributed by atoms with E-state index in [1.807, 2.05) is 17.1 Å². The summed E-state index contributed by atoms with van der Waals surface area (Å²) < 4.78 is 7.82. The second-order valence-corrected chi connectivity index (χ2v) is 9.17. The van der Waals surface area contributed by atoms with Gasteiger partial charge in [0, 0.05) is 28.6 Å². The molecule has 2 aromatic heterocycles. The number of rotatable bonds is 7. The van der Waals surface area contributed by atoms with E-state index in [9.17, 15) is 4.79 Å². The number of amides is 1. The lowest BCUT2D eigenvalue weighted by molar-refractivity contribution is -0.128. The summed E-state index contributed by atoms with van der Waals surface area (Å²) in [6.07, 6.45) is 15.8. The van der Waals surface area contributed by atoms with Crippen LogP contribution >= 0.6 is 0 Å². The first kappa shape index (κ1) is 18.4. The van der Waals surface area contributed by atoms with Crippen LogP contribution in [0, 0.1) is 0 Å². The van der Waals surface area contributed by atoms with Gasteiger partial charge in [-0.2, -0.15) is 10.2 Å². The molecule has 1 atom stereocenters. The maximum absolute atomic E-state index is 13.8. The number of carbonyl (C=O) groups excluding carboxylic acids is 1. The summed E-state index contributed by atoms with van der Waals surface area (Å²) in [5.41, 5.74) is 3.47. The number of nitrogens with zero attached hydrogens (tertiary/aromatic N) is 4. The van der Waals surface area contributed by atoms with Crippen LogP contribution in [0.2, 0.25) is 0 Å². The number of hydrogen-bond donors (Lipinski definition) is 1. The van der Waals surface area contributed by atoms with Crippen molar-refractivity contribution < 1.29 is 9.53 Å². The van der Waals surface area contributed by atoms with Gasteiger partial charge in [-0.05, 0) is 63.4 Å². The lowest BCUT2D eigenvalue weighted by atomic mass is 9.91. The normalized spacial score (nSPS) is 22.9. The largest absolute Gasteiger partial charge is 0.376 e. The fourth-order valence-corrected chi connectivity index (χ4v) is 5.04. The Morgan fingerprint density at radius 2 is 2.07 bits per heavy atom. The van der Waals surface area contributed by atoms with Gasteiger partial charge in [0.05, 0.1) is 37.0 Å². The minimum absolute atomic E-state index is 0.234. The van der Waals surface area contributed by atoms with E-state index in [-0.39, 0.29) is 11.9 Å². The molecule has 2 saturated carbocycles. The van der Waals surface area contributed by atoms with E-state index < -0.39 is 0 Å². The molecule has 4 aliphatic rings. The van der Waals surface area contributed by atoms with E-state index in [2.05, 4.69) is 26.3 Å². The van der Waals surface area contributed by atoms with Crippen LogP contribution in [0.15, 0.2) is 12.4 Å². The van der Waals surface area contributed by atoms with Crippen LogP contribution in [-0.4, -0.2) is 55.6 Å². The number of nitrogens with one attached hydrogen (secondary N) is 1. The van der Waals surface area contributed by atoms with Crippen molar-refractivity contribution in [3.63, 3.8) is 0 Å². The van der Waals surface area contributed by atoms with Crippen molar-refractivity contribution in [3.8, 4) is 0 Å². The molecular formula is C23H29N5O2. The standard InChI is InChI=1S/C23H29N5O2/c29-23(28(16-4-5-16)17-6-9-21-15(12-17)13-24-26-21)19-2-1-3-22-20(19)14-25-27(22)10-11-30-18-7-8-18/h3,13-14,16-18H,1-2,4-12H2,(H,24,26). The number of carbonyl (C=O) groups is 1. The summed E-state index contributed by atoms with van der Waals surface area (Å²) in [5, 5.41) is 14.1. The maximum Gasteiger partial charge on any atom is 0.251 e. The predicted molar refractivity (Wildman–Crippen MR) is 112 cm³/mol. The Bertz CT molecular complexity index is 1080. The van der Waals surface area contributed by atoms with E-state index in [0.29, 0.717) is 18.8 Å². The maximum atomic E-state index is 13.8. The summed E-state index contributed by atoms with van der Waals surface area (Å²) >= 11 is 0. The third kappa shape index (κ3) is 3.39. The number of aromatic amines is 1. The van der Waals surface area contributed by atoms with Crippen molar-refractivity contribution in [2.45, 2.75) is 82.5 Å². The summed E-state index contributed by atoms with van der Waals surface area (Å²) in [6.45, 7) is 1.45. The molecule has 0 aromatic carbocycles. The van der Waals surface area contributed by atoms with E-state index in [1.165, 1.54) is 24.1 Å². The van der Waals surface area contributed by atoms with Crippen molar-refractivity contribution in [3.05, 3.63) is 34.2 Å². The lowest BCUT2D eigenvalue weighted by Gasteiger charge is -2.35. The molecule has 2 aromatic rings. The van der Waals surface area contributed by atoms with Crippen LogP contribution in [0.25, 0.3) is 11.6 Å². The summed E-state index contributed by atoms with van der Waals surface area (Å²) in [6, 6.07) is 0.679. The molecule has 0 radical (unpaired) electrons. The van der Waals surface area contributed by atoms with E-state index in [1.54, 1.807) is 0 Å². The number of aromatic nitrogens is 4. The van der Waals surface area contributed by atoms with Crippen molar-refractivity contribution in [2.75, 3.05) is 6.61 Å². The van der Waals surface area contributed by atoms with Crippen LogP contribution in [0.4, 0.5) is 0 Å². The Balaban J connectivity index is 1.28. The Labute approximate surface area is 175 Å². The van der Waals surface area contributed by atoms with Gasteiger partial charge in [-0.25, -0.2) is 0 Å². The van der Waals surface area contributed by atoms with Gasteiger partial charge in [-0.3, -0.25) is 14.6 Å². The van der Waals surface area contributed by atoms with Gasteiger partial charge in [0.2, 0.25) is 0 Å². The molecule has 7 nitrogen and oxygen atoms in total. The van der Waals surface area contributed by atoms with Crippen LogP contribution < -0.4 is 10.6 Å². The van der Waals surface area contributed by atoms with E-state index >= 15 is 0 Å². The predicted octanol–water partition coefficient (Wildman–Crippen LogP) is 1.06. The van der Waals surface area contributed by atoms with Crippen molar-refractivity contribution in [1.29, 1.82) is 0 Å². The summed E-state index contributed by atoms with van der Waals surface area (Å²) in [4.78, 5) is 16.0. The van der Waals surface area contributed by atoms with Gasteiger partial charge in [0.15, 0.2) is 0 Å². The van der Waals surface area contributed by atoms with Gasteiger partial charge in [0.25, 0.3) is 5.91 Å². The van der Waals surface area contributed by atoms with Crippen LogP contribution in [-0.2, 0) is 28.9 Å². The smallest absolute Gasteiger partial charge is 0.251 e. The van der Waals surface area contributed by atoms with Gasteiger partial charge in [0.1, 0.15) is 0 Å². The first-order chi connectivity index (χ1) is 14.8. The van der Waals surface area contributed by atoms with Gasteiger partial charge >= 0.3 is 0 Å². The van der Waals surface area contributed by atoms with Crippen molar-refractivity contribution >= 4 is 17.6 Å². The molecule has 7 heteroatoms. The molecule has 1 N–H and O–H groups in total. The van der Waals surface area contributed by atoms with Gasteiger partial charge < -0.3 is 9.64 Å². The minimum atomic E-state index is 0.234. The summed E-state index contributed by atoms with van der Waals surface area (Å²) in [7, 11) is 0. The molecule has 0 spiro atoms. The van der Waals surface area contributed by atoms with Crippen molar-refractivity contribution in [2.24, 2.45) is 0 Å². The van der Waals surface area contributed by atoms with Gasteiger partial charge in [-0.1, -0.05) is 6.08 Å². The van der Waals surface area contributed by atoms with Crippen molar-refractivity contribution in [1.82, 2.24) is 24.9 Å². The van der Waals surface area contributed by atoms with Gasteiger partial charge in [-0.15, -0.1) is 0 Å². The first-order valence-corrected chi connectivity index (χ1v) is 11.5. The molecule has 158 valence electrons. The second kappa shape index (κ2) is 7.38. The highest BCUT2D eigenvalue weighted by atomic mass is 16.5. The molecule has 2 fully saturated rings. The Kier molecular flexibility index (Phi) is 4.52. The zero-order chi connectivity index (χ0) is 20.1. The fourth-order valence-electron chi connectivity index (χ4n) is 5.04. The zero-order valence-electron chi connectivity index (χ0n) is 17.3. The van der Waals surface area contributed by atoms with E-state index in [4.69, 9.17) is 4.74 Å². The molecule has 1 amide bonds. The average Bonchev–Trinajstić information content (AvgIpc) is 3.68. The number of fused-ring (bicyclic) bond motifs is 2. The highest BCUT2D eigenvalue weighted by Gasteiger charge is 2.40. The highest BCUT2D eigenvalue weighted by Crippen LogP contribution is 2.35. The highest BCUT2D eigenvalue weighted by molar-refractivity contribution is 6.14. The Morgan fingerprint density at radius 1 is 1.17 bits per heavy atom. The quantitative estimate of drug-likeness (QED) is 0.745. The molecule has 6 rings (SSSR count). The summed E-state index contributed by atoms with van der Waals surface area (Å²) in [5.74, 6) is 0.234. The molecule has 0 saturated heterocycles. The minimum Gasteiger partial charge on any atom is -0.376 e. The fraction of sp³-hybridized carbons (Fsp3) is 0.609. The third-order valence-electron chi connectivity index (χ3n) is 6.94. The average molecular weight is 408 g/mol. The number of hydrogen-bond acceptors (Lipinski definition) is 4. The Morgan fingerprint density at radius 3 is 2.90 bits per heavy atom. The van der Waals surface area contributed by atoms with Crippen LogP contribution in [0.1, 0.15) is 56.2 Å². The van der Waals surface area contributed by atoms with Crippen LogP contribution in [0.5, 0.6) is 0 Å². The molecule has 4 aliphatic carbocycles. The Hall–Kier alpha value is -2.41. The first-order valence-electron chi connectivity index (χ1n) is 11.5. The second-order valence-electron chi connectivity index (χ2n) is 9.17. The molecule has 30 heavy (non-hydrogen) atoms. The number of aryl methyl sites for hydroxylation is 1. The number of H-pyrrole nitrogens is 1. The third-order valence-corrected chi connectivity index (χ3v) is 6.94. The SMILES string of the molecule is O=C(C1=c2cnn(CCOC3CC3)c2=CCC1)N(C1CC1)C1CCc2[nH]ncc2C1. The molecule has 2 heterocycles. The topological polar surface area (TPSA) is 76.0 Å². The number of ether oxygens (including phenoxy) is 1. The zero-order valence-corrected chi connectivity index (χ0v) is 17.3.